The molecule has 5 rings (SSSR count). The van der Waals surface area contributed by atoms with E-state index in [2.05, 4.69) is 36.1 Å². The molecule has 0 aliphatic carbocycles. The molecule has 0 radical (unpaired) electrons. The van der Waals surface area contributed by atoms with Crippen LogP contribution in [-0.4, -0.2) is 47.0 Å². The van der Waals surface area contributed by atoms with Crippen LogP contribution in [0.3, 0.4) is 0 Å². The zero-order valence-electron chi connectivity index (χ0n) is 20.2. The molecule has 1 fully saturated rings. The van der Waals surface area contributed by atoms with Gasteiger partial charge in [0.1, 0.15) is 11.6 Å². The molecule has 0 spiro atoms. The zero-order valence-corrected chi connectivity index (χ0v) is 20.9. The fourth-order valence-electron chi connectivity index (χ4n) is 4.88. The molecule has 2 heterocycles. The van der Waals surface area contributed by atoms with Gasteiger partial charge in [-0.25, -0.2) is 9.97 Å². The number of fused-ring (bicyclic) bond motifs is 1. The van der Waals surface area contributed by atoms with Gasteiger partial charge in [0.15, 0.2) is 0 Å². The molecule has 6 heteroatoms. The maximum atomic E-state index is 13.4. The van der Waals surface area contributed by atoms with Crippen molar-refractivity contribution in [1.29, 1.82) is 0 Å². The van der Waals surface area contributed by atoms with Gasteiger partial charge in [-0.1, -0.05) is 67.1 Å². The fraction of sp³-hybridized carbons (Fsp3) is 0.276. The van der Waals surface area contributed by atoms with Gasteiger partial charge in [-0.3, -0.25) is 4.79 Å². The summed E-state index contributed by atoms with van der Waals surface area (Å²) in [5, 5.41) is 2.83. The number of hydrogen-bond donors (Lipinski definition) is 0. The monoisotopic (exact) mass is 484 g/mol. The lowest BCUT2D eigenvalue weighted by Gasteiger charge is -2.36. The van der Waals surface area contributed by atoms with Crippen molar-refractivity contribution in [3.8, 4) is 0 Å². The molecule has 1 aliphatic rings. The number of nitrogens with zero attached hydrogens (tertiary/aromatic N) is 4. The van der Waals surface area contributed by atoms with Crippen LogP contribution in [0.25, 0.3) is 10.8 Å². The number of amides is 1. The van der Waals surface area contributed by atoms with Gasteiger partial charge < -0.3 is 9.80 Å². The number of halogens is 1. The minimum atomic E-state index is 0.0935. The number of carbonyl (C=O) groups excluding carboxylic acids is 1. The van der Waals surface area contributed by atoms with Gasteiger partial charge in [-0.2, -0.15) is 0 Å². The topological polar surface area (TPSA) is 49.3 Å². The number of benzene rings is 3. The molecule has 0 saturated carbocycles. The van der Waals surface area contributed by atoms with Crippen LogP contribution in [0.2, 0.25) is 5.02 Å². The highest BCUT2D eigenvalue weighted by Crippen LogP contribution is 2.27. The average molecular weight is 485 g/mol. The Bertz CT molecular complexity index is 1360. The molecule has 3 aromatic carbocycles. The van der Waals surface area contributed by atoms with Gasteiger partial charge in [0.2, 0.25) is 0 Å². The molecule has 178 valence electrons. The van der Waals surface area contributed by atoms with Crippen molar-refractivity contribution in [3.63, 3.8) is 0 Å². The molecule has 0 bridgehead atoms. The van der Waals surface area contributed by atoms with Crippen molar-refractivity contribution < 1.29 is 4.79 Å². The summed E-state index contributed by atoms with van der Waals surface area (Å²) in [6.45, 7) is 6.89. The molecule has 4 aromatic rings. The minimum Gasteiger partial charge on any atom is -0.353 e. The van der Waals surface area contributed by atoms with E-state index in [1.807, 2.05) is 54.3 Å². The summed E-state index contributed by atoms with van der Waals surface area (Å²) in [5.41, 5.74) is 4.19. The smallest absolute Gasteiger partial charge is 0.254 e. The van der Waals surface area contributed by atoms with Crippen LogP contribution in [0.5, 0.6) is 0 Å². The Kier molecular flexibility index (Phi) is 6.69. The number of aromatic nitrogens is 2. The lowest BCUT2D eigenvalue weighted by Crippen LogP contribution is -2.49. The highest BCUT2D eigenvalue weighted by Gasteiger charge is 2.26. The van der Waals surface area contributed by atoms with E-state index in [0.29, 0.717) is 13.1 Å². The Morgan fingerprint density at radius 2 is 1.63 bits per heavy atom. The molecule has 1 aliphatic heterocycles. The van der Waals surface area contributed by atoms with Gasteiger partial charge in [-0.05, 0) is 47.9 Å². The van der Waals surface area contributed by atoms with Crippen molar-refractivity contribution in [2.24, 2.45) is 0 Å². The Hall–Kier alpha value is -3.44. The second kappa shape index (κ2) is 10.0. The number of carbonyl (C=O) groups is 1. The molecular formula is C29H29ClN4O. The fourth-order valence-corrected chi connectivity index (χ4v) is 5.01. The molecule has 0 unspecified atom stereocenters. The van der Waals surface area contributed by atoms with Crippen molar-refractivity contribution in [2.45, 2.75) is 26.7 Å². The SMILES string of the molecule is CCc1nc(C)nc(N2CCN(C(=O)c3cccc4ccccc34)CC2)c1Cc1ccc(Cl)cc1. The van der Waals surface area contributed by atoms with Gasteiger partial charge in [0.25, 0.3) is 5.91 Å². The van der Waals surface area contributed by atoms with Crippen LogP contribution in [0.1, 0.15) is 39.9 Å². The molecule has 0 N–H and O–H groups in total. The van der Waals surface area contributed by atoms with Gasteiger partial charge in [0, 0.05) is 54.4 Å². The average Bonchev–Trinajstić information content (AvgIpc) is 2.90. The third-order valence-corrected chi connectivity index (χ3v) is 6.95. The summed E-state index contributed by atoms with van der Waals surface area (Å²) in [6.07, 6.45) is 1.60. The van der Waals surface area contributed by atoms with Gasteiger partial charge in [-0.15, -0.1) is 0 Å². The Morgan fingerprint density at radius 3 is 2.37 bits per heavy atom. The largest absolute Gasteiger partial charge is 0.353 e. The van der Waals surface area contributed by atoms with Gasteiger partial charge >= 0.3 is 0 Å². The number of aryl methyl sites for hydroxylation is 2. The number of piperazine rings is 1. The summed E-state index contributed by atoms with van der Waals surface area (Å²) in [7, 11) is 0. The van der Waals surface area contributed by atoms with Crippen molar-refractivity contribution in [1.82, 2.24) is 14.9 Å². The zero-order chi connectivity index (χ0) is 24.4. The molecular weight excluding hydrogens is 456 g/mol. The third kappa shape index (κ3) is 4.87. The highest BCUT2D eigenvalue weighted by atomic mass is 35.5. The quantitative estimate of drug-likeness (QED) is 0.364. The second-order valence-electron chi connectivity index (χ2n) is 8.98. The van der Waals surface area contributed by atoms with Crippen LogP contribution in [0.15, 0.2) is 66.7 Å². The van der Waals surface area contributed by atoms with Gasteiger partial charge in [0.05, 0.1) is 0 Å². The number of rotatable bonds is 5. The van der Waals surface area contributed by atoms with E-state index in [9.17, 15) is 4.79 Å². The van der Waals surface area contributed by atoms with E-state index in [1.54, 1.807) is 0 Å². The molecule has 1 aromatic heterocycles. The van der Waals surface area contributed by atoms with E-state index >= 15 is 0 Å². The first kappa shape index (κ1) is 23.3. The summed E-state index contributed by atoms with van der Waals surface area (Å²) < 4.78 is 0. The maximum Gasteiger partial charge on any atom is 0.254 e. The summed E-state index contributed by atoms with van der Waals surface area (Å²) in [5.74, 6) is 1.86. The minimum absolute atomic E-state index is 0.0935. The highest BCUT2D eigenvalue weighted by molar-refractivity contribution is 6.30. The third-order valence-electron chi connectivity index (χ3n) is 6.70. The summed E-state index contributed by atoms with van der Waals surface area (Å²) in [4.78, 5) is 27.3. The van der Waals surface area contributed by atoms with Crippen molar-refractivity contribution in [3.05, 3.63) is 100.0 Å². The van der Waals surface area contributed by atoms with E-state index < -0.39 is 0 Å². The predicted molar refractivity (Wildman–Crippen MR) is 142 cm³/mol. The Morgan fingerprint density at radius 1 is 0.914 bits per heavy atom. The first-order chi connectivity index (χ1) is 17.0. The molecule has 0 atom stereocenters. The van der Waals surface area contributed by atoms with Crippen LogP contribution < -0.4 is 4.90 Å². The Labute approximate surface area is 211 Å². The van der Waals surface area contributed by atoms with E-state index in [-0.39, 0.29) is 5.91 Å². The van der Waals surface area contributed by atoms with Crippen molar-refractivity contribution in [2.75, 3.05) is 31.1 Å². The summed E-state index contributed by atoms with van der Waals surface area (Å²) >= 11 is 6.10. The lowest BCUT2D eigenvalue weighted by molar-refractivity contribution is 0.0748. The number of hydrogen-bond acceptors (Lipinski definition) is 4. The Balaban J connectivity index is 1.38. The first-order valence-electron chi connectivity index (χ1n) is 12.2. The van der Waals surface area contributed by atoms with E-state index in [1.165, 1.54) is 5.56 Å². The van der Waals surface area contributed by atoms with E-state index in [4.69, 9.17) is 21.6 Å². The van der Waals surface area contributed by atoms with Crippen LogP contribution in [0, 0.1) is 6.92 Å². The standard InChI is InChI=1S/C29H29ClN4O/c1-3-27-26(19-21-11-13-23(30)14-12-21)28(32-20(2)31-27)33-15-17-34(18-16-33)29(35)25-10-6-8-22-7-4-5-9-24(22)25/h4-14H,3,15-19H2,1-2H3. The van der Waals surface area contributed by atoms with Crippen molar-refractivity contribution >= 4 is 34.1 Å². The molecule has 1 saturated heterocycles. The predicted octanol–water partition coefficient (Wildman–Crippen LogP) is 5.71. The molecule has 5 nitrogen and oxygen atoms in total. The summed E-state index contributed by atoms with van der Waals surface area (Å²) in [6, 6.07) is 22.0. The van der Waals surface area contributed by atoms with Crippen LogP contribution in [-0.2, 0) is 12.8 Å². The first-order valence-corrected chi connectivity index (χ1v) is 12.5. The molecule has 1 amide bonds. The number of anilines is 1. The molecule has 35 heavy (non-hydrogen) atoms. The lowest BCUT2D eigenvalue weighted by atomic mass is 10.0. The normalized spacial score (nSPS) is 13.9. The second-order valence-corrected chi connectivity index (χ2v) is 9.42. The van der Waals surface area contributed by atoms with Crippen LogP contribution >= 0.6 is 11.6 Å². The maximum absolute atomic E-state index is 13.4. The van der Waals surface area contributed by atoms with Crippen LogP contribution in [0.4, 0.5) is 5.82 Å². The van der Waals surface area contributed by atoms with E-state index in [0.717, 1.165) is 70.2 Å².